The van der Waals surface area contributed by atoms with Gasteiger partial charge in [0, 0.05) is 24.8 Å². The van der Waals surface area contributed by atoms with Gasteiger partial charge in [0.25, 0.3) is 5.91 Å². The van der Waals surface area contributed by atoms with Crippen molar-refractivity contribution in [2.75, 3.05) is 31.3 Å². The zero-order valence-electron chi connectivity index (χ0n) is 15.7. The molecule has 1 aliphatic heterocycles. The molecule has 0 atom stereocenters. The lowest BCUT2D eigenvalue weighted by Crippen LogP contribution is -2.36. The molecule has 1 aromatic carbocycles. The van der Waals surface area contributed by atoms with Crippen LogP contribution in [0.3, 0.4) is 0 Å². The number of nitrogens with zero attached hydrogens (tertiary/aromatic N) is 8. The molecule has 2 aromatic heterocycles. The van der Waals surface area contributed by atoms with Crippen molar-refractivity contribution in [1.82, 2.24) is 35.1 Å². The van der Waals surface area contributed by atoms with E-state index < -0.39 is 0 Å². The van der Waals surface area contributed by atoms with Crippen LogP contribution < -0.4 is 5.06 Å². The zero-order chi connectivity index (χ0) is 19.5. The smallest absolute Gasteiger partial charge is 0.256 e. The van der Waals surface area contributed by atoms with Gasteiger partial charge in [-0.25, -0.2) is 15.0 Å². The minimum Gasteiger partial charge on any atom is -0.334 e. The van der Waals surface area contributed by atoms with Crippen molar-refractivity contribution in [2.45, 2.75) is 13.8 Å². The van der Waals surface area contributed by atoms with Gasteiger partial charge in [-0.05, 0) is 31.2 Å². The number of carbonyl (C=O) groups excluding carboxylic acids is 1. The summed E-state index contributed by atoms with van der Waals surface area (Å²) < 4.78 is 0. The maximum atomic E-state index is 13.2. The fraction of sp³-hybridized carbons (Fsp3) is 0.333. The van der Waals surface area contributed by atoms with Gasteiger partial charge >= 0.3 is 0 Å². The van der Waals surface area contributed by atoms with Crippen molar-refractivity contribution < 1.29 is 9.63 Å². The Hall–Kier alpha value is -3.40. The first-order valence-corrected chi connectivity index (χ1v) is 8.96. The Balaban J connectivity index is 1.53. The summed E-state index contributed by atoms with van der Waals surface area (Å²) in [7, 11) is 0. The monoisotopic (exact) mass is 380 g/mol. The van der Waals surface area contributed by atoms with Crippen LogP contribution in [0.1, 0.15) is 21.9 Å². The highest BCUT2D eigenvalue weighted by molar-refractivity contribution is 5.97. The Morgan fingerprint density at radius 2 is 1.96 bits per heavy atom. The lowest BCUT2D eigenvalue weighted by Gasteiger charge is -2.22. The maximum Gasteiger partial charge on any atom is 0.256 e. The van der Waals surface area contributed by atoms with E-state index in [9.17, 15) is 4.79 Å². The normalized spacial score (nSPS) is 14.8. The first kappa shape index (κ1) is 18.0. The number of amides is 1. The number of anilines is 1. The second-order valence-electron chi connectivity index (χ2n) is 6.38. The molecule has 0 unspecified atom stereocenters. The summed E-state index contributed by atoms with van der Waals surface area (Å²) in [6.45, 7) is 5.61. The number of aryl methyl sites for hydroxylation is 2. The van der Waals surface area contributed by atoms with E-state index in [-0.39, 0.29) is 5.91 Å². The van der Waals surface area contributed by atoms with E-state index in [2.05, 4.69) is 25.4 Å². The van der Waals surface area contributed by atoms with Gasteiger partial charge in [-0.15, -0.1) is 15.0 Å². The van der Waals surface area contributed by atoms with Gasteiger partial charge in [0.05, 0.1) is 18.7 Å². The van der Waals surface area contributed by atoms with E-state index in [1.807, 2.05) is 32.0 Å². The quantitative estimate of drug-likeness (QED) is 0.662. The Morgan fingerprint density at radius 1 is 1.11 bits per heavy atom. The molecule has 0 spiro atoms. The van der Waals surface area contributed by atoms with Gasteiger partial charge in [0.1, 0.15) is 11.5 Å². The molecule has 28 heavy (non-hydrogen) atoms. The summed E-state index contributed by atoms with van der Waals surface area (Å²) in [4.78, 5) is 30.8. The van der Waals surface area contributed by atoms with E-state index in [0.717, 1.165) is 5.69 Å². The van der Waals surface area contributed by atoms with Gasteiger partial charge in [0.15, 0.2) is 12.1 Å². The molecule has 0 saturated carbocycles. The van der Waals surface area contributed by atoms with Crippen LogP contribution in [-0.4, -0.2) is 67.2 Å². The molecule has 10 heteroatoms. The number of benzene rings is 1. The van der Waals surface area contributed by atoms with Crippen molar-refractivity contribution in [3.05, 3.63) is 53.7 Å². The van der Waals surface area contributed by atoms with E-state index in [1.54, 1.807) is 22.1 Å². The Morgan fingerprint density at radius 3 is 2.75 bits per heavy atom. The number of rotatable bonds is 3. The fourth-order valence-corrected chi connectivity index (χ4v) is 3.13. The summed E-state index contributed by atoms with van der Waals surface area (Å²) in [6.07, 6.45) is 1.34. The van der Waals surface area contributed by atoms with Crippen LogP contribution in [0.2, 0.25) is 0 Å². The van der Waals surface area contributed by atoms with Crippen LogP contribution in [0.15, 0.2) is 36.7 Å². The predicted octanol–water partition coefficient (Wildman–Crippen LogP) is 0.963. The number of tetrazole rings is 1. The lowest BCUT2D eigenvalue weighted by molar-refractivity contribution is 0.0730. The SMILES string of the molecule is Cc1cc(N2CCN(C(=O)c3ccccc3-n3ncnn3)CCO2)nc(C)n1. The molecule has 0 aliphatic carbocycles. The topological polar surface area (TPSA) is 102 Å². The number of carbonyl (C=O) groups is 1. The molecule has 3 aromatic rings. The highest BCUT2D eigenvalue weighted by atomic mass is 16.7. The Labute approximate surface area is 161 Å². The molecule has 10 nitrogen and oxygen atoms in total. The van der Waals surface area contributed by atoms with Crippen molar-refractivity contribution in [2.24, 2.45) is 0 Å². The molecule has 0 N–H and O–H groups in total. The molecule has 4 rings (SSSR count). The summed E-state index contributed by atoms with van der Waals surface area (Å²) in [5, 5.41) is 13.4. The van der Waals surface area contributed by atoms with E-state index in [1.165, 1.54) is 11.1 Å². The average molecular weight is 380 g/mol. The zero-order valence-corrected chi connectivity index (χ0v) is 15.7. The van der Waals surface area contributed by atoms with Crippen LogP contribution in [0.5, 0.6) is 0 Å². The van der Waals surface area contributed by atoms with Crippen molar-refractivity contribution in [3.63, 3.8) is 0 Å². The lowest BCUT2D eigenvalue weighted by atomic mass is 10.1. The minimum atomic E-state index is -0.103. The fourth-order valence-electron chi connectivity index (χ4n) is 3.13. The number of hydrogen-bond donors (Lipinski definition) is 0. The summed E-state index contributed by atoms with van der Waals surface area (Å²) in [5.41, 5.74) is 1.98. The van der Waals surface area contributed by atoms with Crippen LogP contribution in [0, 0.1) is 13.8 Å². The van der Waals surface area contributed by atoms with Gasteiger partial charge in [0.2, 0.25) is 0 Å². The summed E-state index contributed by atoms with van der Waals surface area (Å²) >= 11 is 0. The third-order valence-electron chi connectivity index (χ3n) is 4.38. The Bertz CT molecular complexity index is 955. The van der Waals surface area contributed by atoms with E-state index in [0.29, 0.717) is 49.1 Å². The average Bonchev–Trinajstić information content (AvgIpc) is 3.11. The van der Waals surface area contributed by atoms with E-state index >= 15 is 0 Å². The largest absolute Gasteiger partial charge is 0.334 e. The van der Waals surface area contributed by atoms with Gasteiger partial charge in [-0.3, -0.25) is 9.63 Å². The second kappa shape index (κ2) is 7.69. The number of aromatic nitrogens is 6. The molecule has 3 heterocycles. The molecular formula is C18H20N8O2. The van der Waals surface area contributed by atoms with Crippen LogP contribution in [0.25, 0.3) is 5.69 Å². The third-order valence-corrected chi connectivity index (χ3v) is 4.38. The first-order valence-electron chi connectivity index (χ1n) is 8.96. The minimum absolute atomic E-state index is 0.103. The summed E-state index contributed by atoms with van der Waals surface area (Å²) in [6, 6.07) is 9.09. The number of hydroxylamine groups is 1. The first-order chi connectivity index (χ1) is 13.6. The molecule has 1 saturated heterocycles. The van der Waals surface area contributed by atoms with Crippen LogP contribution in [-0.2, 0) is 4.84 Å². The van der Waals surface area contributed by atoms with Crippen LogP contribution >= 0.6 is 0 Å². The molecular weight excluding hydrogens is 360 g/mol. The summed E-state index contributed by atoms with van der Waals surface area (Å²) in [5.74, 6) is 1.28. The van der Waals surface area contributed by atoms with E-state index in [4.69, 9.17) is 4.84 Å². The van der Waals surface area contributed by atoms with Crippen LogP contribution in [0.4, 0.5) is 5.82 Å². The highest BCUT2D eigenvalue weighted by Crippen LogP contribution is 2.18. The third kappa shape index (κ3) is 3.67. The van der Waals surface area contributed by atoms with Gasteiger partial charge < -0.3 is 4.90 Å². The van der Waals surface area contributed by atoms with Crippen molar-refractivity contribution in [3.8, 4) is 5.69 Å². The second-order valence-corrected chi connectivity index (χ2v) is 6.38. The molecule has 0 radical (unpaired) electrons. The standard InChI is InChI=1S/C18H20N8O2/c1-13-11-17(22-14(2)21-13)25-8-7-24(9-10-28-25)18(27)15-5-3-4-6-16(15)26-20-12-19-23-26/h3-6,11-12H,7-10H2,1-2H3. The van der Waals surface area contributed by atoms with Crippen molar-refractivity contribution in [1.29, 1.82) is 0 Å². The number of hydrogen-bond acceptors (Lipinski definition) is 8. The molecule has 1 amide bonds. The highest BCUT2D eigenvalue weighted by Gasteiger charge is 2.24. The van der Waals surface area contributed by atoms with Gasteiger partial charge in [-0.2, -0.15) is 0 Å². The Kier molecular flexibility index (Phi) is 4.94. The molecule has 1 fully saturated rings. The molecule has 0 bridgehead atoms. The molecule has 144 valence electrons. The molecule has 1 aliphatic rings. The number of para-hydroxylation sites is 1. The van der Waals surface area contributed by atoms with Crippen molar-refractivity contribution >= 4 is 11.7 Å². The maximum absolute atomic E-state index is 13.2. The van der Waals surface area contributed by atoms with Gasteiger partial charge in [-0.1, -0.05) is 12.1 Å². The predicted molar refractivity (Wildman–Crippen MR) is 99.9 cm³/mol.